The summed E-state index contributed by atoms with van der Waals surface area (Å²) in [7, 11) is 1.74. The molecular formula is C9H11N3O. The Morgan fingerprint density at radius 2 is 2.46 bits per heavy atom. The van der Waals surface area contributed by atoms with Crippen LogP contribution in [0.5, 0.6) is 5.75 Å². The van der Waals surface area contributed by atoms with Gasteiger partial charge in [-0.25, -0.2) is 0 Å². The number of pyridine rings is 1. The lowest BCUT2D eigenvalue weighted by Gasteiger charge is -2.00. The molecule has 0 saturated carbocycles. The van der Waals surface area contributed by atoms with Crippen molar-refractivity contribution in [2.45, 2.75) is 0 Å². The van der Waals surface area contributed by atoms with Crippen LogP contribution in [0.25, 0.3) is 5.57 Å². The lowest BCUT2D eigenvalue weighted by atomic mass is 10.2. The Kier molecular flexibility index (Phi) is 3.03. The molecule has 0 bridgehead atoms. The van der Waals surface area contributed by atoms with Crippen molar-refractivity contribution in [3.8, 4) is 5.75 Å². The van der Waals surface area contributed by atoms with E-state index >= 15 is 0 Å². The quantitative estimate of drug-likeness (QED) is 0.603. The van der Waals surface area contributed by atoms with Gasteiger partial charge in [0, 0.05) is 37.3 Å². The van der Waals surface area contributed by atoms with Crippen LogP contribution in [0.4, 0.5) is 0 Å². The van der Waals surface area contributed by atoms with Gasteiger partial charge in [-0.2, -0.15) is 0 Å². The van der Waals surface area contributed by atoms with E-state index in [4.69, 9.17) is 10.5 Å². The highest BCUT2D eigenvalue weighted by molar-refractivity contribution is 6.07. The van der Waals surface area contributed by atoms with Crippen molar-refractivity contribution in [1.82, 2.24) is 10.3 Å². The van der Waals surface area contributed by atoms with Crippen LogP contribution in [-0.2, 0) is 0 Å². The molecule has 13 heavy (non-hydrogen) atoms. The summed E-state index contributed by atoms with van der Waals surface area (Å²) < 4.78 is 0. The maximum Gasteiger partial charge on any atom is 0.119 e. The second-order valence-electron chi connectivity index (χ2n) is 2.43. The third kappa shape index (κ3) is 2.30. The summed E-state index contributed by atoms with van der Waals surface area (Å²) in [4.78, 5) is 4.01. The van der Waals surface area contributed by atoms with Gasteiger partial charge in [-0.15, -0.1) is 0 Å². The molecule has 1 rings (SSSR count). The van der Waals surface area contributed by atoms with E-state index in [1.807, 2.05) is 0 Å². The second kappa shape index (κ2) is 4.25. The average Bonchev–Trinajstić information content (AvgIpc) is 2.14. The minimum atomic E-state index is 0.147. The largest absolute Gasteiger partial charge is 0.508 e. The fourth-order valence-corrected chi connectivity index (χ4v) is 0.922. The second-order valence-corrected chi connectivity index (χ2v) is 2.43. The normalized spacial score (nSPS) is 11.0. The van der Waals surface area contributed by atoms with Crippen LogP contribution in [-0.4, -0.2) is 23.4 Å². The third-order valence-corrected chi connectivity index (χ3v) is 1.49. The van der Waals surface area contributed by atoms with Crippen molar-refractivity contribution < 1.29 is 5.11 Å². The van der Waals surface area contributed by atoms with Crippen molar-refractivity contribution >= 4 is 11.8 Å². The molecule has 1 heterocycles. The van der Waals surface area contributed by atoms with E-state index in [9.17, 15) is 0 Å². The standard InChI is InChI=1S/C9H11N3O/c1-11-6-7(5-10)9-4-8(13)2-3-12-9/h2-6,10-11H,1H3,(H,12,13)/b7-6+,10-5?. The topological polar surface area (TPSA) is 69.0 Å². The highest BCUT2D eigenvalue weighted by Crippen LogP contribution is 2.13. The molecule has 0 spiro atoms. The molecule has 0 amide bonds. The number of rotatable bonds is 3. The van der Waals surface area contributed by atoms with Crippen molar-refractivity contribution in [2.24, 2.45) is 0 Å². The number of aromatic nitrogens is 1. The first-order valence-electron chi connectivity index (χ1n) is 3.81. The fourth-order valence-electron chi connectivity index (χ4n) is 0.922. The number of nitrogens with zero attached hydrogens (tertiary/aromatic N) is 1. The Morgan fingerprint density at radius 3 is 3.00 bits per heavy atom. The number of hydrogen-bond acceptors (Lipinski definition) is 4. The Hall–Kier alpha value is -1.84. The third-order valence-electron chi connectivity index (χ3n) is 1.49. The monoisotopic (exact) mass is 177 g/mol. The van der Waals surface area contributed by atoms with Crippen LogP contribution in [0.3, 0.4) is 0 Å². The summed E-state index contributed by atoms with van der Waals surface area (Å²) in [6.45, 7) is 0. The number of aromatic hydroxyl groups is 1. The van der Waals surface area contributed by atoms with Crippen molar-refractivity contribution in [1.29, 1.82) is 5.41 Å². The SMILES string of the molecule is CN/C=C(\C=N)c1cc(O)ccn1. The van der Waals surface area contributed by atoms with Gasteiger partial charge in [0.2, 0.25) is 0 Å². The molecule has 0 aliphatic rings. The van der Waals surface area contributed by atoms with Crippen molar-refractivity contribution in [3.05, 3.63) is 30.2 Å². The number of nitrogens with one attached hydrogen (secondary N) is 2. The molecule has 0 fully saturated rings. The molecule has 1 aromatic heterocycles. The fraction of sp³-hybridized carbons (Fsp3) is 0.111. The van der Waals surface area contributed by atoms with Gasteiger partial charge in [0.15, 0.2) is 0 Å². The molecule has 68 valence electrons. The zero-order chi connectivity index (χ0) is 9.68. The zero-order valence-electron chi connectivity index (χ0n) is 7.28. The van der Waals surface area contributed by atoms with E-state index in [0.717, 1.165) is 0 Å². The molecule has 0 aromatic carbocycles. The van der Waals surface area contributed by atoms with Crippen molar-refractivity contribution in [3.63, 3.8) is 0 Å². The molecule has 0 atom stereocenters. The van der Waals surface area contributed by atoms with Gasteiger partial charge < -0.3 is 15.8 Å². The lowest BCUT2D eigenvalue weighted by Crippen LogP contribution is -1.98. The molecule has 1 aromatic rings. The Bertz CT molecular complexity index is 333. The van der Waals surface area contributed by atoms with Gasteiger partial charge in [-0.1, -0.05) is 0 Å². The lowest BCUT2D eigenvalue weighted by molar-refractivity contribution is 0.474. The average molecular weight is 177 g/mol. The Balaban J connectivity index is 3.05. The summed E-state index contributed by atoms with van der Waals surface area (Å²) in [5, 5.41) is 19.1. The van der Waals surface area contributed by atoms with E-state index in [-0.39, 0.29) is 5.75 Å². The zero-order valence-corrected chi connectivity index (χ0v) is 7.28. The molecule has 0 saturated heterocycles. The summed E-state index contributed by atoms with van der Waals surface area (Å²) >= 11 is 0. The molecule has 0 aliphatic carbocycles. The minimum absolute atomic E-state index is 0.147. The minimum Gasteiger partial charge on any atom is -0.508 e. The summed E-state index contributed by atoms with van der Waals surface area (Å²) in [5.74, 6) is 0.147. The van der Waals surface area contributed by atoms with Gasteiger partial charge >= 0.3 is 0 Å². The molecular weight excluding hydrogens is 166 g/mol. The van der Waals surface area contributed by atoms with Crippen LogP contribution < -0.4 is 5.32 Å². The first-order valence-corrected chi connectivity index (χ1v) is 3.81. The van der Waals surface area contributed by atoms with E-state index in [1.165, 1.54) is 24.5 Å². The number of hydrogen-bond donors (Lipinski definition) is 3. The Labute approximate surface area is 76.5 Å². The van der Waals surface area contributed by atoms with Crippen LogP contribution >= 0.6 is 0 Å². The van der Waals surface area contributed by atoms with Gasteiger partial charge in [0.1, 0.15) is 5.75 Å². The predicted octanol–water partition coefficient (Wildman–Crippen LogP) is 0.997. The van der Waals surface area contributed by atoms with E-state index in [1.54, 1.807) is 13.2 Å². The predicted molar refractivity (Wildman–Crippen MR) is 51.7 cm³/mol. The molecule has 4 heteroatoms. The summed E-state index contributed by atoms with van der Waals surface area (Å²) in [5.41, 5.74) is 1.20. The smallest absolute Gasteiger partial charge is 0.119 e. The maximum atomic E-state index is 9.16. The summed E-state index contributed by atoms with van der Waals surface area (Å²) in [6.07, 6.45) is 4.32. The van der Waals surface area contributed by atoms with Gasteiger partial charge in [-0.05, 0) is 6.07 Å². The first kappa shape index (κ1) is 9.25. The van der Waals surface area contributed by atoms with E-state index in [0.29, 0.717) is 11.3 Å². The maximum absolute atomic E-state index is 9.16. The van der Waals surface area contributed by atoms with E-state index in [2.05, 4.69) is 10.3 Å². The molecule has 4 nitrogen and oxygen atoms in total. The van der Waals surface area contributed by atoms with Gasteiger partial charge in [0.05, 0.1) is 5.69 Å². The molecule has 0 unspecified atom stereocenters. The van der Waals surface area contributed by atoms with Gasteiger partial charge in [0.25, 0.3) is 0 Å². The van der Waals surface area contributed by atoms with Crippen LogP contribution in [0, 0.1) is 5.41 Å². The number of allylic oxidation sites excluding steroid dienone is 1. The first-order chi connectivity index (χ1) is 6.27. The van der Waals surface area contributed by atoms with Gasteiger partial charge in [-0.3, -0.25) is 4.98 Å². The Morgan fingerprint density at radius 1 is 1.69 bits per heavy atom. The van der Waals surface area contributed by atoms with Crippen LogP contribution in [0.1, 0.15) is 5.69 Å². The van der Waals surface area contributed by atoms with Crippen LogP contribution in [0.15, 0.2) is 24.5 Å². The summed E-state index contributed by atoms with van der Waals surface area (Å²) in [6, 6.07) is 3.00. The molecule has 3 N–H and O–H groups in total. The highest BCUT2D eigenvalue weighted by atomic mass is 16.3. The molecule has 0 aliphatic heterocycles. The highest BCUT2D eigenvalue weighted by Gasteiger charge is 1.99. The van der Waals surface area contributed by atoms with Crippen LogP contribution in [0.2, 0.25) is 0 Å². The molecule has 0 radical (unpaired) electrons. The van der Waals surface area contributed by atoms with E-state index < -0.39 is 0 Å². The van der Waals surface area contributed by atoms with Crippen molar-refractivity contribution in [2.75, 3.05) is 7.05 Å².